The number of nitrogens with zero attached hydrogens (tertiary/aromatic N) is 2. The van der Waals surface area contributed by atoms with Crippen LogP contribution in [0.3, 0.4) is 0 Å². The summed E-state index contributed by atoms with van der Waals surface area (Å²) >= 11 is 6.01. The number of nitrogens with one attached hydrogen (secondary N) is 1. The summed E-state index contributed by atoms with van der Waals surface area (Å²) in [4.78, 5) is 17.3. The Hall–Kier alpha value is -3.31. The second-order valence-corrected chi connectivity index (χ2v) is 10.2. The molecular weight excluding hydrogens is 482 g/mol. The lowest BCUT2D eigenvalue weighted by atomic mass is 10.0. The van der Waals surface area contributed by atoms with Crippen LogP contribution in [0.2, 0.25) is 5.02 Å². The molecule has 0 radical (unpaired) electrons. The van der Waals surface area contributed by atoms with E-state index in [0.29, 0.717) is 29.7 Å². The summed E-state index contributed by atoms with van der Waals surface area (Å²) in [6.07, 6.45) is 3.57. The molecule has 6 heteroatoms. The first-order chi connectivity index (χ1) is 17.9. The summed E-state index contributed by atoms with van der Waals surface area (Å²) in [5.41, 5.74) is 5.22. The number of carbonyl (C=O) groups is 1. The van der Waals surface area contributed by atoms with Crippen molar-refractivity contribution in [2.24, 2.45) is 0 Å². The van der Waals surface area contributed by atoms with E-state index in [1.54, 1.807) is 24.3 Å². The molecule has 4 rings (SSSR count). The minimum atomic E-state index is -0.106. The maximum atomic E-state index is 12.4. The molecule has 0 aliphatic carbocycles. The molecule has 5 nitrogen and oxygen atoms in total. The summed E-state index contributed by atoms with van der Waals surface area (Å²) in [7, 11) is 0. The van der Waals surface area contributed by atoms with E-state index in [1.807, 2.05) is 6.07 Å². The maximum Gasteiger partial charge on any atom is 0.251 e. The van der Waals surface area contributed by atoms with Gasteiger partial charge in [-0.15, -0.1) is 0 Å². The Balaban J connectivity index is 1.31. The van der Waals surface area contributed by atoms with Crippen LogP contribution in [0, 0.1) is 6.92 Å². The molecule has 0 atom stereocenters. The first-order valence-electron chi connectivity index (χ1n) is 13.1. The van der Waals surface area contributed by atoms with Crippen molar-refractivity contribution < 1.29 is 9.53 Å². The van der Waals surface area contributed by atoms with Crippen LogP contribution >= 0.6 is 11.6 Å². The summed E-state index contributed by atoms with van der Waals surface area (Å²) in [5.74, 6) is 2.39. The normalized spacial score (nSPS) is 11.3. The van der Waals surface area contributed by atoms with E-state index in [9.17, 15) is 4.79 Å². The van der Waals surface area contributed by atoms with Crippen LogP contribution in [-0.4, -0.2) is 28.6 Å². The highest BCUT2D eigenvalue weighted by Crippen LogP contribution is 2.27. The van der Waals surface area contributed by atoms with E-state index in [0.717, 1.165) is 54.8 Å². The molecule has 0 spiro atoms. The van der Waals surface area contributed by atoms with Crippen molar-refractivity contribution >= 4 is 28.5 Å². The van der Waals surface area contributed by atoms with E-state index >= 15 is 0 Å². The van der Waals surface area contributed by atoms with E-state index in [2.05, 4.69) is 67.1 Å². The van der Waals surface area contributed by atoms with Crippen LogP contribution in [0.25, 0.3) is 11.0 Å². The van der Waals surface area contributed by atoms with Gasteiger partial charge in [0.15, 0.2) is 0 Å². The number of hydrogen-bond donors (Lipinski definition) is 1. The number of hydrogen-bond acceptors (Lipinski definition) is 3. The second kappa shape index (κ2) is 12.8. The van der Waals surface area contributed by atoms with Gasteiger partial charge in [0.25, 0.3) is 5.91 Å². The molecule has 0 bridgehead atoms. The molecule has 1 N–H and O–H groups in total. The van der Waals surface area contributed by atoms with Crippen molar-refractivity contribution in [3.05, 3.63) is 94.3 Å². The van der Waals surface area contributed by atoms with Crippen molar-refractivity contribution in [3.8, 4) is 5.75 Å². The molecule has 1 amide bonds. The molecule has 1 aromatic heterocycles. The molecule has 194 valence electrons. The molecule has 0 saturated heterocycles. The van der Waals surface area contributed by atoms with Crippen LogP contribution < -0.4 is 10.1 Å². The van der Waals surface area contributed by atoms with Gasteiger partial charge in [-0.1, -0.05) is 55.8 Å². The molecule has 0 fully saturated rings. The third kappa shape index (κ3) is 7.14. The zero-order valence-electron chi connectivity index (χ0n) is 22.0. The predicted molar refractivity (Wildman–Crippen MR) is 152 cm³/mol. The average Bonchev–Trinajstić information content (AvgIpc) is 3.23. The number of unbranched alkanes of at least 4 members (excludes halogenated alkanes) is 1. The zero-order chi connectivity index (χ0) is 26.2. The Labute approximate surface area is 224 Å². The van der Waals surface area contributed by atoms with Crippen molar-refractivity contribution in [1.82, 2.24) is 14.9 Å². The fourth-order valence-corrected chi connectivity index (χ4v) is 4.73. The van der Waals surface area contributed by atoms with Crippen LogP contribution in [0.1, 0.15) is 66.3 Å². The summed E-state index contributed by atoms with van der Waals surface area (Å²) in [6, 6.07) is 21.7. The molecule has 0 aliphatic rings. The van der Waals surface area contributed by atoms with E-state index in [1.165, 1.54) is 11.1 Å². The Morgan fingerprint density at radius 2 is 1.86 bits per heavy atom. The molecule has 0 aliphatic heterocycles. The monoisotopic (exact) mass is 517 g/mol. The number of para-hydroxylation sites is 2. The summed E-state index contributed by atoms with van der Waals surface area (Å²) in [6.45, 7) is 8.67. The molecular formula is C31H36ClN3O2. The quantitative estimate of drug-likeness (QED) is 0.200. The van der Waals surface area contributed by atoms with Gasteiger partial charge in [0.1, 0.15) is 11.6 Å². The number of amides is 1. The van der Waals surface area contributed by atoms with Gasteiger partial charge in [0, 0.05) is 30.1 Å². The maximum absolute atomic E-state index is 12.4. The lowest BCUT2D eigenvalue weighted by Crippen LogP contribution is -2.25. The number of imidazole rings is 1. The van der Waals surface area contributed by atoms with Crippen LogP contribution in [0.4, 0.5) is 0 Å². The summed E-state index contributed by atoms with van der Waals surface area (Å²) in [5, 5.41) is 3.55. The number of benzene rings is 3. The number of ether oxygens (including phenoxy) is 1. The number of rotatable bonds is 12. The Kier molecular flexibility index (Phi) is 9.24. The SMILES string of the molecule is Cc1ccc(C(C)C)c(OCCCCn2c(CCCNC(=O)c3cccc(Cl)c3)nc3ccccc32)c1. The minimum absolute atomic E-state index is 0.106. The highest BCUT2D eigenvalue weighted by Gasteiger charge is 2.12. The van der Waals surface area contributed by atoms with Gasteiger partial charge >= 0.3 is 0 Å². The minimum Gasteiger partial charge on any atom is -0.493 e. The van der Waals surface area contributed by atoms with Gasteiger partial charge in [-0.05, 0) is 79.6 Å². The Morgan fingerprint density at radius 1 is 1.03 bits per heavy atom. The van der Waals surface area contributed by atoms with Crippen molar-refractivity contribution in [1.29, 1.82) is 0 Å². The van der Waals surface area contributed by atoms with Crippen LogP contribution in [0.15, 0.2) is 66.7 Å². The van der Waals surface area contributed by atoms with Crippen molar-refractivity contribution in [2.75, 3.05) is 13.2 Å². The predicted octanol–water partition coefficient (Wildman–Crippen LogP) is 7.34. The average molecular weight is 518 g/mol. The molecule has 37 heavy (non-hydrogen) atoms. The first-order valence-corrected chi connectivity index (χ1v) is 13.5. The smallest absolute Gasteiger partial charge is 0.251 e. The number of carbonyl (C=O) groups excluding carboxylic acids is 1. The van der Waals surface area contributed by atoms with E-state index in [4.69, 9.17) is 21.3 Å². The third-order valence-electron chi connectivity index (χ3n) is 6.51. The van der Waals surface area contributed by atoms with E-state index < -0.39 is 0 Å². The fourth-order valence-electron chi connectivity index (χ4n) is 4.54. The van der Waals surface area contributed by atoms with Gasteiger partial charge < -0.3 is 14.6 Å². The highest BCUT2D eigenvalue weighted by molar-refractivity contribution is 6.30. The standard InChI is InChI=1S/C31H36ClN3O2/c1-22(2)26-16-15-23(3)20-29(26)37-19-7-6-18-35-28-13-5-4-12-27(28)34-30(35)14-9-17-33-31(36)24-10-8-11-25(32)21-24/h4-5,8,10-13,15-16,20-22H,6-7,9,14,17-19H2,1-3H3,(H,33,36). The largest absolute Gasteiger partial charge is 0.493 e. The molecule has 3 aromatic carbocycles. The van der Waals surface area contributed by atoms with Gasteiger partial charge in [-0.3, -0.25) is 4.79 Å². The highest BCUT2D eigenvalue weighted by atomic mass is 35.5. The lowest BCUT2D eigenvalue weighted by Gasteiger charge is -2.15. The molecule has 4 aromatic rings. The molecule has 0 saturated carbocycles. The van der Waals surface area contributed by atoms with Crippen LogP contribution in [0.5, 0.6) is 5.75 Å². The van der Waals surface area contributed by atoms with Gasteiger partial charge in [-0.2, -0.15) is 0 Å². The van der Waals surface area contributed by atoms with Crippen molar-refractivity contribution in [3.63, 3.8) is 0 Å². The fraction of sp³-hybridized carbons (Fsp3) is 0.355. The first kappa shape index (κ1) is 26.7. The van der Waals surface area contributed by atoms with E-state index in [-0.39, 0.29) is 5.91 Å². The van der Waals surface area contributed by atoms with Crippen molar-refractivity contribution in [2.45, 2.75) is 58.9 Å². The number of aromatic nitrogens is 2. The summed E-state index contributed by atoms with van der Waals surface area (Å²) < 4.78 is 8.51. The molecule has 1 heterocycles. The van der Waals surface area contributed by atoms with Gasteiger partial charge in [0.05, 0.1) is 17.6 Å². The Morgan fingerprint density at radius 3 is 2.68 bits per heavy atom. The van der Waals surface area contributed by atoms with Crippen LogP contribution in [-0.2, 0) is 13.0 Å². The number of aryl methyl sites for hydroxylation is 3. The number of fused-ring (bicyclic) bond motifs is 1. The third-order valence-corrected chi connectivity index (χ3v) is 6.74. The molecule has 0 unspecified atom stereocenters. The van der Waals surface area contributed by atoms with Gasteiger partial charge in [-0.25, -0.2) is 4.98 Å². The second-order valence-electron chi connectivity index (χ2n) is 9.79. The lowest BCUT2D eigenvalue weighted by molar-refractivity contribution is 0.0953. The zero-order valence-corrected chi connectivity index (χ0v) is 22.7. The Bertz CT molecular complexity index is 1350. The van der Waals surface area contributed by atoms with Gasteiger partial charge in [0.2, 0.25) is 0 Å². The topological polar surface area (TPSA) is 56.1 Å². The number of halogens is 1.